The van der Waals surface area contributed by atoms with Gasteiger partial charge in [-0.2, -0.15) is 5.26 Å². The molecule has 0 aliphatic carbocycles. The monoisotopic (exact) mass is 541 g/mol. The molecule has 2 heterocycles. The predicted octanol–water partition coefficient (Wildman–Crippen LogP) is 6.91. The lowest BCUT2D eigenvalue weighted by Gasteiger charge is -2.28. The number of anilines is 3. The van der Waals surface area contributed by atoms with E-state index >= 15 is 4.39 Å². The summed E-state index contributed by atoms with van der Waals surface area (Å²) in [6.07, 6.45) is 1.81. The molecule has 0 spiro atoms. The summed E-state index contributed by atoms with van der Waals surface area (Å²) < 4.78 is 26.1. The van der Waals surface area contributed by atoms with Gasteiger partial charge in [-0.05, 0) is 74.7 Å². The van der Waals surface area contributed by atoms with E-state index in [-0.39, 0.29) is 35.5 Å². The third kappa shape index (κ3) is 7.03. The van der Waals surface area contributed by atoms with E-state index in [9.17, 15) is 10.1 Å². The highest BCUT2D eigenvalue weighted by atomic mass is 19.1. The van der Waals surface area contributed by atoms with Gasteiger partial charge in [0.05, 0.1) is 30.7 Å². The van der Waals surface area contributed by atoms with Gasteiger partial charge in [-0.15, -0.1) is 0 Å². The zero-order valence-corrected chi connectivity index (χ0v) is 23.2. The van der Waals surface area contributed by atoms with E-state index in [1.54, 1.807) is 25.4 Å². The second-order valence-electron chi connectivity index (χ2n) is 10.5. The minimum Gasteiger partial charge on any atom is -0.497 e. The number of carbonyl (C=O) groups is 1. The van der Waals surface area contributed by atoms with Gasteiger partial charge in [-0.1, -0.05) is 25.1 Å². The Morgan fingerprint density at radius 1 is 1.10 bits per heavy atom. The van der Waals surface area contributed by atoms with E-state index in [1.807, 2.05) is 76.2 Å². The summed E-state index contributed by atoms with van der Waals surface area (Å²) in [7, 11) is 1.58. The molecule has 0 saturated heterocycles. The molecule has 0 radical (unpaired) electrons. The molecule has 0 amide bonds. The first-order valence-electron chi connectivity index (χ1n) is 12.9. The number of methoxy groups -OCH3 is 1. The molecule has 2 N–H and O–H groups in total. The van der Waals surface area contributed by atoms with Crippen LogP contribution in [0, 0.1) is 23.1 Å². The maximum atomic E-state index is 15.3. The Balaban J connectivity index is 1.66. The summed E-state index contributed by atoms with van der Waals surface area (Å²) in [6.45, 7) is 7.32. The molecule has 9 heteroatoms. The standard InChI is InChI=1S/C31H32FN5O3/c1-19(15-27(38)40-31(2,3)4)28(20-8-11-24(39-5)12-9-20)36-30-25(32)17-22(18-33)29(37-30)35-23-10-13-26-21(16-23)7-6-14-34-26/h6-14,16-17,19,28H,15H2,1-5H3,(H2,35,36,37)/t19-,28+/m1/s1. The number of rotatable bonds is 9. The fourth-order valence-corrected chi connectivity index (χ4v) is 4.34. The maximum Gasteiger partial charge on any atom is 0.306 e. The zero-order chi connectivity index (χ0) is 28.9. The molecule has 2 aromatic heterocycles. The van der Waals surface area contributed by atoms with Crippen LogP contribution < -0.4 is 15.4 Å². The van der Waals surface area contributed by atoms with Crippen molar-refractivity contribution in [3.8, 4) is 11.8 Å². The van der Waals surface area contributed by atoms with Gasteiger partial charge in [0.1, 0.15) is 17.4 Å². The summed E-state index contributed by atoms with van der Waals surface area (Å²) in [5, 5.41) is 16.9. The number of nitrogens with zero attached hydrogens (tertiary/aromatic N) is 3. The molecule has 4 aromatic rings. The fourth-order valence-electron chi connectivity index (χ4n) is 4.34. The molecule has 0 bridgehead atoms. The van der Waals surface area contributed by atoms with Crippen LogP contribution in [0.3, 0.4) is 0 Å². The summed E-state index contributed by atoms with van der Waals surface area (Å²) >= 11 is 0. The highest BCUT2D eigenvalue weighted by Gasteiger charge is 2.27. The summed E-state index contributed by atoms with van der Waals surface area (Å²) in [5.74, 6) is -0.537. The van der Waals surface area contributed by atoms with Crippen molar-refractivity contribution in [3.05, 3.63) is 83.8 Å². The van der Waals surface area contributed by atoms with Crippen molar-refractivity contribution in [2.24, 2.45) is 5.92 Å². The highest BCUT2D eigenvalue weighted by Crippen LogP contribution is 2.33. The van der Waals surface area contributed by atoms with Crippen molar-refractivity contribution in [1.82, 2.24) is 9.97 Å². The van der Waals surface area contributed by atoms with Crippen LogP contribution in [0.2, 0.25) is 0 Å². The van der Waals surface area contributed by atoms with Crippen molar-refractivity contribution in [1.29, 1.82) is 5.26 Å². The smallest absolute Gasteiger partial charge is 0.306 e. The first-order valence-corrected chi connectivity index (χ1v) is 12.9. The number of hydrogen-bond donors (Lipinski definition) is 2. The lowest BCUT2D eigenvalue weighted by Crippen LogP contribution is -2.28. The van der Waals surface area contributed by atoms with Crippen LogP contribution in [0.1, 0.15) is 51.3 Å². The molecule has 0 fully saturated rings. The Hall–Kier alpha value is -4.71. The normalized spacial score (nSPS) is 12.7. The van der Waals surface area contributed by atoms with Crippen LogP contribution in [-0.2, 0) is 9.53 Å². The molecule has 0 aliphatic rings. The second-order valence-corrected chi connectivity index (χ2v) is 10.5. The number of halogens is 1. The van der Waals surface area contributed by atoms with E-state index in [0.717, 1.165) is 22.5 Å². The Kier molecular flexibility index (Phi) is 8.49. The molecular weight excluding hydrogens is 509 g/mol. The molecule has 2 aromatic carbocycles. The quantitative estimate of drug-likeness (QED) is 0.220. The molecule has 0 saturated carbocycles. The van der Waals surface area contributed by atoms with Crippen LogP contribution in [0.4, 0.5) is 21.7 Å². The Morgan fingerprint density at radius 3 is 2.52 bits per heavy atom. The summed E-state index contributed by atoms with van der Waals surface area (Å²) in [5.41, 5.74) is 1.73. The number of nitrogens with one attached hydrogen (secondary N) is 2. The lowest BCUT2D eigenvalue weighted by atomic mass is 9.91. The van der Waals surface area contributed by atoms with Gasteiger partial charge in [0, 0.05) is 17.3 Å². The molecule has 0 unspecified atom stereocenters. The number of fused-ring (bicyclic) bond motifs is 1. The van der Waals surface area contributed by atoms with Crippen LogP contribution in [0.25, 0.3) is 10.9 Å². The second kappa shape index (κ2) is 12.0. The third-order valence-corrected chi connectivity index (χ3v) is 6.21. The van der Waals surface area contributed by atoms with E-state index in [1.165, 1.54) is 0 Å². The Labute approximate surface area is 233 Å². The van der Waals surface area contributed by atoms with E-state index in [2.05, 4.69) is 20.6 Å². The van der Waals surface area contributed by atoms with Gasteiger partial charge in [0.25, 0.3) is 0 Å². The first kappa shape index (κ1) is 28.3. The fraction of sp³-hybridized carbons (Fsp3) is 0.290. The minimum absolute atomic E-state index is 0.0529. The third-order valence-electron chi connectivity index (χ3n) is 6.21. The van der Waals surface area contributed by atoms with Crippen molar-refractivity contribution in [3.63, 3.8) is 0 Å². The molecule has 2 atom stereocenters. The average Bonchev–Trinajstić information content (AvgIpc) is 2.91. The topological polar surface area (TPSA) is 109 Å². The number of nitriles is 1. The number of aromatic nitrogens is 2. The molecule has 40 heavy (non-hydrogen) atoms. The number of ether oxygens (including phenoxy) is 2. The maximum absolute atomic E-state index is 15.3. The largest absolute Gasteiger partial charge is 0.497 e. The van der Waals surface area contributed by atoms with Gasteiger partial charge >= 0.3 is 5.97 Å². The molecule has 0 aliphatic heterocycles. The average molecular weight is 542 g/mol. The minimum atomic E-state index is -0.687. The Bertz CT molecular complexity index is 1540. The summed E-state index contributed by atoms with van der Waals surface area (Å²) in [4.78, 5) is 21.4. The van der Waals surface area contributed by atoms with Crippen molar-refractivity contribution < 1.29 is 18.7 Å². The van der Waals surface area contributed by atoms with Crippen molar-refractivity contribution in [2.45, 2.75) is 45.8 Å². The molecular formula is C31H32FN5O3. The SMILES string of the molecule is COc1ccc([C@@H](Nc2nc(Nc3ccc4ncccc4c3)c(C#N)cc2F)[C@H](C)CC(=O)OC(C)(C)C)cc1. The van der Waals surface area contributed by atoms with Gasteiger partial charge < -0.3 is 20.1 Å². The van der Waals surface area contributed by atoms with Gasteiger partial charge in [0.15, 0.2) is 17.5 Å². The molecule has 206 valence electrons. The zero-order valence-electron chi connectivity index (χ0n) is 23.2. The Morgan fingerprint density at radius 2 is 1.85 bits per heavy atom. The van der Waals surface area contributed by atoms with Crippen LogP contribution >= 0.6 is 0 Å². The number of pyridine rings is 2. The van der Waals surface area contributed by atoms with Gasteiger partial charge in [-0.25, -0.2) is 9.37 Å². The van der Waals surface area contributed by atoms with Crippen LogP contribution in [0.5, 0.6) is 5.75 Å². The lowest BCUT2D eigenvalue weighted by molar-refractivity contribution is -0.155. The van der Waals surface area contributed by atoms with Crippen molar-refractivity contribution >= 4 is 34.2 Å². The molecule has 4 rings (SSSR count). The number of hydrogen-bond acceptors (Lipinski definition) is 8. The van der Waals surface area contributed by atoms with E-state index in [0.29, 0.717) is 11.4 Å². The van der Waals surface area contributed by atoms with E-state index < -0.39 is 17.5 Å². The number of esters is 1. The van der Waals surface area contributed by atoms with E-state index in [4.69, 9.17) is 9.47 Å². The van der Waals surface area contributed by atoms with Gasteiger partial charge in [-0.3, -0.25) is 9.78 Å². The number of benzene rings is 2. The molecule has 8 nitrogen and oxygen atoms in total. The van der Waals surface area contributed by atoms with Crippen LogP contribution in [-0.4, -0.2) is 28.6 Å². The van der Waals surface area contributed by atoms with Gasteiger partial charge in [0.2, 0.25) is 0 Å². The predicted molar refractivity (Wildman–Crippen MR) is 153 cm³/mol. The first-order chi connectivity index (χ1) is 19.1. The number of carbonyl (C=O) groups excluding carboxylic acids is 1. The van der Waals surface area contributed by atoms with Crippen molar-refractivity contribution in [2.75, 3.05) is 17.7 Å². The summed E-state index contributed by atoms with van der Waals surface area (Å²) in [6, 6.07) is 19.3. The highest BCUT2D eigenvalue weighted by molar-refractivity contribution is 5.83. The van der Waals surface area contributed by atoms with Crippen LogP contribution in [0.15, 0.2) is 66.9 Å².